The predicted molar refractivity (Wildman–Crippen MR) is 114 cm³/mol. The molecule has 29 heavy (non-hydrogen) atoms. The number of ether oxygens (including phenoxy) is 1. The van der Waals surface area contributed by atoms with E-state index in [2.05, 4.69) is 11.4 Å². The van der Waals surface area contributed by atoms with Crippen molar-refractivity contribution >= 4 is 28.3 Å². The summed E-state index contributed by atoms with van der Waals surface area (Å²) in [4.78, 5) is 26.3. The summed E-state index contributed by atoms with van der Waals surface area (Å²) in [5.41, 5.74) is 2.39. The molecule has 5 nitrogen and oxygen atoms in total. The highest BCUT2D eigenvalue weighted by Gasteiger charge is 2.29. The van der Waals surface area contributed by atoms with Gasteiger partial charge in [0.15, 0.2) is 0 Å². The number of anilines is 1. The molecular formula is C24H24N2O3. The van der Waals surface area contributed by atoms with E-state index in [0.717, 1.165) is 40.6 Å². The lowest BCUT2D eigenvalue weighted by Crippen LogP contribution is -2.26. The van der Waals surface area contributed by atoms with Gasteiger partial charge in [-0.15, -0.1) is 0 Å². The van der Waals surface area contributed by atoms with Gasteiger partial charge in [-0.2, -0.15) is 0 Å². The minimum atomic E-state index is -0.0557. The zero-order valence-corrected chi connectivity index (χ0v) is 16.6. The van der Waals surface area contributed by atoms with Crippen LogP contribution in [0.1, 0.15) is 28.8 Å². The van der Waals surface area contributed by atoms with Gasteiger partial charge in [-0.3, -0.25) is 9.59 Å². The Kier molecular flexibility index (Phi) is 5.21. The molecule has 1 saturated carbocycles. The fourth-order valence-corrected chi connectivity index (χ4v) is 3.35. The molecule has 148 valence electrons. The molecule has 3 aromatic carbocycles. The molecule has 1 aliphatic carbocycles. The number of fused-ring (bicyclic) bond motifs is 1. The molecule has 1 fully saturated rings. The highest BCUT2D eigenvalue weighted by molar-refractivity contribution is 5.96. The third-order valence-electron chi connectivity index (χ3n) is 5.23. The van der Waals surface area contributed by atoms with Gasteiger partial charge in [-0.1, -0.05) is 18.2 Å². The Morgan fingerprint density at radius 2 is 1.69 bits per heavy atom. The summed E-state index contributed by atoms with van der Waals surface area (Å²) in [5.74, 6) is 0.995. The molecular weight excluding hydrogens is 364 g/mol. The second-order valence-corrected chi connectivity index (χ2v) is 7.55. The van der Waals surface area contributed by atoms with Crippen LogP contribution in [-0.4, -0.2) is 30.9 Å². The first kappa shape index (κ1) is 19.0. The Morgan fingerprint density at radius 3 is 2.38 bits per heavy atom. The van der Waals surface area contributed by atoms with E-state index in [9.17, 15) is 9.59 Å². The molecule has 0 spiro atoms. The second-order valence-electron chi connectivity index (χ2n) is 7.55. The van der Waals surface area contributed by atoms with Crippen LogP contribution in [0.5, 0.6) is 5.75 Å². The number of carbonyl (C=O) groups excluding carboxylic acids is 2. The Bertz CT molecular complexity index is 1060. The summed E-state index contributed by atoms with van der Waals surface area (Å²) in [6.45, 7) is 0.515. The van der Waals surface area contributed by atoms with Gasteiger partial charge in [0.1, 0.15) is 5.75 Å². The number of nitrogens with zero attached hydrogens (tertiary/aromatic N) is 1. The van der Waals surface area contributed by atoms with Crippen molar-refractivity contribution in [2.75, 3.05) is 19.5 Å². The van der Waals surface area contributed by atoms with E-state index in [1.165, 1.54) is 0 Å². The lowest BCUT2D eigenvalue weighted by molar-refractivity contribution is -0.117. The van der Waals surface area contributed by atoms with Crippen LogP contribution in [0.25, 0.3) is 10.8 Å². The molecule has 3 aromatic rings. The molecule has 0 aliphatic heterocycles. The Balaban J connectivity index is 1.42. The summed E-state index contributed by atoms with van der Waals surface area (Å²) in [6, 6.07) is 19.2. The van der Waals surface area contributed by atoms with E-state index in [1.54, 1.807) is 43.3 Å². The molecule has 0 bridgehead atoms. The smallest absolute Gasteiger partial charge is 0.253 e. The summed E-state index contributed by atoms with van der Waals surface area (Å²) < 4.78 is 5.27. The maximum atomic E-state index is 12.8. The first-order chi connectivity index (χ1) is 14.0. The third kappa shape index (κ3) is 4.40. The van der Waals surface area contributed by atoms with Crippen LogP contribution in [0.3, 0.4) is 0 Å². The third-order valence-corrected chi connectivity index (χ3v) is 5.23. The van der Waals surface area contributed by atoms with Gasteiger partial charge in [0, 0.05) is 30.8 Å². The molecule has 5 heteroatoms. The average Bonchev–Trinajstić information content (AvgIpc) is 3.59. The van der Waals surface area contributed by atoms with E-state index < -0.39 is 0 Å². The van der Waals surface area contributed by atoms with Crippen LogP contribution < -0.4 is 10.1 Å². The monoisotopic (exact) mass is 388 g/mol. The number of methoxy groups -OCH3 is 1. The van der Waals surface area contributed by atoms with Crippen molar-refractivity contribution in [2.24, 2.45) is 5.92 Å². The van der Waals surface area contributed by atoms with E-state index in [-0.39, 0.29) is 17.7 Å². The first-order valence-electron chi connectivity index (χ1n) is 9.76. The van der Waals surface area contributed by atoms with Crippen molar-refractivity contribution in [1.82, 2.24) is 4.90 Å². The van der Waals surface area contributed by atoms with Gasteiger partial charge >= 0.3 is 0 Å². The average molecular weight is 388 g/mol. The summed E-state index contributed by atoms with van der Waals surface area (Å²) in [7, 11) is 3.45. The Labute approximate surface area is 170 Å². The summed E-state index contributed by atoms with van der Waals surface area (Å²) in [6.07, 6.45) is 1.94. The fourth-order valence-electron chi connectivity index (χ4n) is 3.35. The van der Waals surface area contributed by atoms with Crippen LogP contribution >= 0.6 is 0 Å². The molecule has 4 rings (SSSR count). The van der Waals surface area contributed by atoms with E-state index in [4.69, 9.17) is 4.74 Å². The quantitative estimate of drug-likeness (QED) is 0.678. The van der Waals surface area contributed by atoms with Crippen LogP contribution in [-0.2, 0) is 11.3 Å². The highest BCUT2D eigenvalue weighted by Crippen LogP contribution is 2.30. The number of amides is 2. The maximum absolute atomic E-state index is 12.8. The zero-order valence-electron chi connectivity index (χ0n) is 16.6. The topological polar surface area (TPSA) is 58.6 Å². The summed E-state index contributed by atoms with van der Waals surface area (Å²) in [5, 5.41) is 5.11. The van der Waals surface area contributed by atoms with Gasteiger partial charge in [-0.25, -0.2) is 0 Å². The highest BCUT2D eigenvalue weighted by atomic mass is 16.5. The maximum Gasteiger partial charge on any atom is 0.253 e. The van der Waals surface area contributed by atoms with E-state index in [1.807, 2.05) is 30.3 Å². The van der Waals surface area contributed by atoms with Gasteiger partial charge in [0.2, 0.25) is 5.91 Å². The minimum Gasteiger partial charge on any atom is -0.497 e. The van der Waals surface area contributed by atoms with Crippen LogP contribution in [0.15, 0.2) is 60.7 Å². The molecule has 0 atom stereocenters. The number of rotatable bonds is 6. The van der Waals surface area contributed by atoms with E-state index >= 15 is 0 Å². The van der Waals surface area contributed by atoms with Crippen LogP contribution in [0.4, 0.5) is 5.69 Å². The van der Waals surface area contributed by atoms with Crippen molar-refractivity contribution in [3.05, 3.63) is 71.8 Å². The molecule has 0 radical (unpaired) electrons. The minimum absolute atomic E-state index is 0.0557. The Hall–Kier alpha value is -3.34. The van der Waals surface area contributed by atoms with Gasteiger partial charge in [-0.05, 0) is 71.6 Å². The largest absolute Gasteiger partial charge is 0.497 e. The van der Waals surface area contributed by atoms with Crippen molar-refractivity contribution in [3.8, 4) is 5.75 Å². The zero-order chi connectivity index (χ0) is 20.4. The molecule has 1 N–H and O–H groups in total. The lowest BCUT2D eigenvalue weighted by Gasteiger charge is -2.18. The molecule has 0 aromatic heterocycles. The van der Waals surface area contributed by atoms with Gasteiger partial charge in [0.05, 0.1) is 7.11 Å². The molecule has 0 saturated heterocycles. The lowest BCUT2D eigenvalue weighted by atomic mass is 10.1. The van der Waals surface area contributed by atoms with Crippen molar-refractivity contribution in [3.63, 3.8) is 0 Å². The summed E-state index contributed by atoms with van der Waals surface area (Å²) >= 11 is 0. The van der Waals surface area contributed by atoms with Gasteiger partial charge < -0.3 is 15.0 Å². The molecule has 0 heterocycles. The number of hydrogen-bond acceptors (Lipinski definition) is 3. The van der Waals surface area contributed by atoms with Crippen LogP contribution in [0.2, 0.25) is 0 Å². The number of nitrogens with one attached hydrogen (secondary N) is 1. The van der Waals surface area contributed by atoms with E-state index in [0.29, 0.717) is 12.1 Å². The predicted octanol–water partition coefficient (Wildman–Crippen LogP) is 4.47. The number of benzene rings is 3. The molecule has 0 unspecified atom stereocenters. The second kappa shape index (κ2) is 7.95. The fraction of sp³-hybridized carbons (Fsp3) is 0.250. The Morgan fingerprint density at radius 1 is 1.00 bits per heavy atom. The van der Waals surface area contributed by atoms with Crippen molar-refractivity contribution in [1.29, 1.82) is 0 Å². The van der Waals surface area contributed by atoms with Crippen LogP contribution in [0, 0.1) is 5.92 Å². The van der Waals surface area contributed by atoms with Gasteiger partial charge in [0.25, 0.3) is 5.91 Å². The number of carbonyl (C=O) groups is 2. The van der Waals surface area contributed by atoms with Crippen molar-refractivity contribution < 1.29 is 14.3 Å². The number of hydrogen-bond donors (Lipinski definition) is 1. The molecule has 2 amide bonds. The SMILES string of the molecule is COc1ccc2cc(CN(C)C(=O)c3ccc(NC(=O)C4CC4)cc3)ccc2c1. The first-order valence-corrected chi connectivity index (χ1v) is 9.76. The normalized spacial score (nSPS) is 13.2. The van der Waals surface area contributed by atoms with Crippen molar-refractivity contribution in [2.45, 2.75) is 19.4 Å². The standard InChI is InChI=1S/C24H24N2O3/c1-26(15-16-3-4-20-14-22(29-2)12-9-19(20)13-16)24(28)18-7-10-21(11-8-18)25-23(27)17-5-6-17/h3-4,7-14,17H,5-6,15H2,1-2H3,(H,25,27). The molecule has 1 aliphatic rings.